The maximum atomic E-state index is 10.2. The largest absolute Gasteiger partial charge is 0.508 e. The Kier molecular flexibility index (Phi) is 4.97. The molecular weight excluding hydrogens is 260 g/mol. The Morgan fingerprint density at radius 2 is 2.14 bits per heavy atom. The lowest BCUT2D eigenvalue weighted by Crippen LogP contribution is -2.36. The van der Waals surface area contributed by atoms with E-state index in [4.69, 9.17) is 4.74 Å². The van der Waals surface area contributed by atoms with E-state index in [1.807, 2.05) is 6.07 Å². The molecule has 0 spiro atoms. The molecule has 116 valence electrons. The lowest BCUT2D eigenvalue weighted by Gasteiger charge is -2.36. The lowest BCUT2D eigenvalue weighted by atomic mass is 9.87. The molecule has 0 fully saturated rings. The first-order chi connectivity index (χ1) is 9.93. The first-order valence-electron chi connectivity index (χ1n) is 8.10. The van der Waals surface area contributed by atoms with Crippen LogP contribution in [0.5, 0.6) is 11.5 Å². The van der Waals surface area contributed by atoms with Crippen molar-refractivity contribution < 1.29 is 9.84 Å². The van der Waals surface area contributed by atoms with Crippen molar-refractivity contribution in [3.8, 4) is 11.5 Å². The number of ether oxygens (including phenoxy) is 1. The summed E-state index contributed by atoms with van der Waals surface area (Å²) in [4.78, 5) is 0. The minimum Gasteiger partial charge on any atom is -0.508 e. The third kappa shape index (κ3) is 4.03. The van der Waals surface area contributed by atoms with Crippen LogP contribution in [0.1, 0.15) is 64.5 Å². The summed E-state index contributed by atoms with van der Waals surface area (Å²) in [7, 11) is 0. The highest BCUT2D eigenvalue weighted by atomic mass is 16.5. The molecule has 0 unspecified atom stereocenters. The van der Waals surface area contributed by atoms with E-state index in [-0.39, 0.29) is 5.60 Å². The molecule has 1 aromatic rings. The van der Waals surface area contributed by atoms with Gasteiger partial charge in [-0.25, -0.2) is 0 Å². The van der Waals surface area contributed by atoms with Gasteiger partial charge in [0, 0.05) is 5.56 Å². The zero-order valence-electron chi connectivity index (χ0n) is 13.8. The van der Waals surface area contributed by atoms with E-state index < -0.39 is 0 Å². The molecule has 0 saturated heterocycles. The van der Waals surface area contributed by atoms with E-state index in [1.54, 1.807) is 0 Å². The SMILES string of the molecule is CCCc1cc(O)c2c(c1)O[C@](C)(CCC=C(C)C)CC2. The number of hydrogen-bond acceptors (Lipinski definition) is 2. The molecule has 1 aliphatic rings. The summed E-state index contributed by atoms with van der Waals surface area (Å²) in [5, 5.41) is 10.2. The Hall–Kier alpha value is -1.44. The number of hydrogen-bond donors (Lipinski definition) is 1. The molecule has 0 saturated carbocycles. The smallest absolute Gasteiger partial charge is 0.127 e. The molecule has 0 aromatic heterocycles. The Bertz CT molecular complexity index is 527. The second-order valence-electron chi connectivity index (χ2n) is 6.71. The fraction of sp³-hybridized carbons (Fsp3) is 0.579. The van der Waals surface area contributed by atoms with Crippen molar-refractivity contribution in [2.45, 2.75) is 71.8 Å². The van der Waals surface area contributed by atoms with E-state index >= 15 is 0 Å². The molecule has 1 aromatic carbocycles. The van der Waals surface area contributed by atoms with E-state index in [0.717, 1.165) is 49.8 Å². The first-order valence-corrected chi connectivity index (χ1v) is 8.10. The van der Waals surface area contributed by atoms with E-state index in [0.29, 0.717) is 5.75 Å². The number of aryl methyl sites for hydroxylation is 1. The average molecular weight is 288 g/mol. The van der Waals surface area contributed by atoms with Gasteiger partial charge < -0.3 is 9.84 Å². The average Bonchev–Trinajstić information content (AvgIpc) is 2.37. The van der Waals surface area contributed by atoms with Crippen molar-refractivity contribution in [1.82, 2.24) is 0 Å². The van der Waals surface area contributed by atoms with E-state index in [1.165, 1.54) is 11.1 Å². The summed E-state index contributed by atoms with van der Waals surface area (Å²) >= 11 is 0. The number of allylic oxidation sites excluding steroid dienone is 2. The summed E-state index contributed by atoms with van der Waals surface area (Å²) in [6, 6.07) is 4.02. The van der Waals surface area contributed by atoms with Gasteiger partial charge in [-0.1, -0.05) is 25.0 Å². The number of rotatable bonds is 5. The molecule has 2 nitrogen and oxygen atoms in total. The molecule has 0 bridgehead atoms. The van der Waals surface area contributed by atoms with E-state index in [9.17, 15) is 5.11 Å². The Morgan fingerprint density at radius 1 is 1.38 bits per heavy atom. The normalized spacial score (nSPS) is 20.6. The molecule has 0 amide bonds. The van der Waals surface area contributed by atoms with Crippen molar-refractivity contribution in [2.24, 2.45) is 0 Å². The molecule has 1 heterocycles. The summed E-state index contributed by atoms with van der Waals surface area (Å²) in [6.07, 6.45) is 8.28. The molecule has 1 atom stereocenters. The number of aromatic hydroxyl groups is 1. The van der Waals surface area contributed by atoms with Crippen LogP contribution in [0.25, 0.3) is 0 Å². The number of phenols is 1. The standard InChI is InChI=1S/C19H28O2/c1-5-7-15-12-17(20)16-9-11-19(4,21-18(16)13-15)10-6-8-14(2)3/h8,12-13,20H,5-7,9-11H2,1-4H3/t19-/m1/s1. The maximum absolute atomic E-state index is 10.2. The van der Waals surface area contributed by atoms with Gasteiger partial charge in [0.2, 0.25) is 0 Å². The summed E-state index contributed by atoms with van der Waals surface area (Å²) in [5.41, 5.74) is 3.39. The second kappa shape index (κ2) is 6.55. The zero-order valence-corrected chi connectivity index (χ0v) is 13.8. The minimum atomic E-state index is -0.115. The van der Waals surface area contributed by atoms with Gasteiger partial charge in [0.15, 0.2) is 0 Å². The minimum absolute atomic E-state index is 0.115. The summed E-state index contributed by atoms with van der Waals surface area (Å²) in [6.45, 7) is 8.61. The van der Waals surface area contributed by atoms with Crippen molar-refractivity contribution in [3.63, 3.8) is 0 Å². The summed E-state index contributed by atoms with van der Waals surface area (Å²) < 4.78 is 6.28. The fourth-order valence-electron chi connectivity index (χ4n) is 3.01. The zero-order chi connectivity index (χ0) is 15.5. The number of benzene rings is 1. The Morgan fingerprint density at radius 3 is 2.81 bits per heavy atom. The Balaban J connectivity index is 2.16. The molecule has 0 radical (unpaired) electrons. The molecule has 2 heteroatoms. The van der Waals surface area contributed by atoms with Crippen molar-refractivity contribution >= 4 is 0 Å². The van der Waals surface area contributed by atoms with Crippen LogP contribution in [-0.4, -0.2) is 10.7 Å². The predicted octanol–water partition coefficient (Wildman–Crippen LogP) is 5.17. The summed E-state index contributed by atoms with van der Waals surface area (Å²) in [5.74, 6) is 1.30. The fourth-order valence-corrected chi connectivity index (χ4v) is 3.01. The highest BCUT2D eigenvalue weighted by Gasteiger charge is 2.32. The second-order valence-corrected chi connectivity index (χ2v) is 6.71. The topological polar surface area (TPSA) is 29.5 Å². The maximum Gasteiger partial charge on any atom is 0.127 e. The van der Waals surface area contributed by atoms with Gasteiger partial charge in [-0.3, -0.25) is 0 Å². The van der Waals surface area contributed by atoms with Gasteiger partial charge in [-0.2, -0.15) is 0 Å². The van der Waals surface area contributed by atoms with Gasteiger partial charge in [-0.05, 0) is 70.6 Å². The third-order valence-corrected chi connectivity index (χ3v) is 4.27. The van der Waals surface area contributed by atoms with Gasteiger partial charge in [0.25, 0.3) is 0 Å². The van der Waals surface area contributed by atoms with Gasteiger partial charge >= 0.3 is 0 Å². The first kappa shape index (κ1) is 15.9. The van der Waals surface area contributed by atoms with Gasteiger partial charge in [0.1, 0.15) is 17.1 Å². The molecule has 1 N–H and O–H groups in total. The van der Waals surface area contributed by atoms with Gasteiger partial charge in [0.05, 0.1) is 0 Å². The van der Waals surface area contributed by atoms with Crippen LogP contribution in [0.15, 0.2) is 23.8 Å². The molecule has 21 heavy (non-hydrogen) atoms. The highest BCUT2D eigenvalue weighted by Crippen LogP contribution is 2.40. The van der Waals surface area contributed by atoms with E-state index in [2.05, 4.69) is 39.8 Å². The molecular formula is C19H28O2. The van der Waals surface area contributed by atoms with Crippen molar-refractivity contribution in [3.05, 3.63) is 34.9 Å². The molecule has 1 aliphatic heterocycles. The molecule has 0 aliphatic carbocycles. The third-order valence-electron chi connectivity index (χ3n) is 4.27. The number of fused-ring (bicyclic) bond motifs is 1. The van der Waals surface area contributed by atoms with Crippen molar-refractivity contribution in [2.75, 3.05) is 0 Å². The van der Waals surface area contributed by atoms with Crippen molar-refractivity contribution in [1.29, 1.82) is 0 Å². The lowest BCUT2D eigenvalue weighted by molar-refractivity contribution is 0.0563. The molecule has 2 rings (SSSR count). The quantitative estimate of drug-likeness (QED) is 0.757. The van der Waals surface area contributed by atoms with Crippen LogP contribution in [0.3, 0.4) is 0 Å². The predicted molar refractivity (Wildman–Crippen MR) is 88.1 cm³/mol. The van der Waals surface area contributed by atoms with Crippen LogP contribution in [0.2, 0.25) is 0 Å². The number of phenolic OH excluding ortho intramolecular Hbond substituents is 1. The highest BCUT2D eigenvalue weighted by molar-refractivity contribution is 5.49. The van der Waals surface area contributed by atoms with Gasteiger partial charge in [-0.15, -0.1) is 0 Å². The van der Waals surface area contributed by atoms with Crippen LogP contribution < -0.4 is 4.74 Å². The van der Waals surface area contributed by atoms with Crippen LogP contribution in [0.4, 0.5) is 0 Å². The van der Waals surface area contributed by atoms with Crippen LogP contribution in [-0.2, 0) is 12.8 Å². The van der Waals surface area contributed by atoms with Crippen LogP contribution >= 0.6 is 0 Å². The van der Waals surface area contributed by atoms with Crippen LogP contribution in [0, 0.1) is 0 Å². The Labute approximate surface area is 128 Å². The monoisotopic (exact) mass is 288 g/mol.